The number of benzene rings is 1. The Bertz CT molecular complexity index is 419. The lowest BCUT2D eigenvalue weighted by molar-refractivity contribution is -0.116. The van der Waals surface area contributed by atoms with Gasteiger partial charge in [0.2, 0.25) is 5.91 Å². The molecular weight excluding hydrogens is 252 g/mol. The summed E-state index contributed by atoms with van der Waals surface area (Å²) in [5.74, 6) is 0.784. The van der Waals surface area contributed by atoms with E-state index in [4.69, 9.17) is 10.5 Å². The maximum atomic E-state index is 11.9. The van der Waals surface area contributed by atoms with Gasteiger partial charge in [-0.05, 0) is 50.9 Å². The molecule has 1 aromatic carbocycles. The first-order chi connectivity index (χ1) is 9.67. The molecular formula is C16H26N2O2. The summed E-state index contributed by atoms with van der Waals surface area (Å²) >= 11 is 0. The van der Waals surface area contributed by atoms with Crippen LogP contribution in [0.1, 0.15) is 44.6 Å². The van der Waals surface area contributed by atoms with Crippen LogP contribution in [0.3, 0.4) is 0 Å². The van der Waals surface area contributed by atoms with Gasteiger partial charge in [-0.15, -0.1) is 0 Å². The Morgan fingerprint density at radius 1 is 1.25 bits per heavy atom. The molecule has 0 aliphatic carbocycles. The molecule has 20 heavy (non-hydrogen) atoms. The van der Waals surface area contributed by atoms with Crippen molar-refractivity contribution >= 4 is 11.6 Å². The van der Waals surface area contributed by atoms with Gasteiger partial charge in [-0.3, -0.25) is 4.79 Å². The molecule has 0 spiro atoms. The van der Waals surface area contributed by atoms with Crippen LogP contribution in [0.4, 0.5) is 5.69 Å². The SMILES string of the molecule is CCOc1cc(C)ccc1NC(=O)CCCCCCN. The number of hydrogen-bond donors (Lipinski definition) is 2. The highest BCUT2D eigenvalue weighted by atomic mass is 16.5. The van der Waals surface area contributed by atoms with Crippen LogP contribution in [0.5, 0.6) is 5.75 Å². The van der Waals surface area contributed by atoms with E-state index in [2.05, 4.69) is 5.32 Å². The molecule has 0 saturated carbocycles. The van der Waals surface area contributed by atoms with Crippen LogP contribution in [0, 0.1) is 6.92 Å². The van der Waals surface area contributed by atoms with Crippen molar-refractivity contribution in [2.75, 3.05) is 18.5 Å². The van der Waals surface area contributed by atoms with Crippen LogP contribution in [-0.4, -0.2) is 19.1 Å². The lowest BCUT2D eigenvalue weighted by Gasteiger charge is -2.12. The van der Waals surface area contributed by atoms with Crippen molar-refractivity contribution in [3.63, 3.8) is 0 Å². The Morgan fingerprint density at radius 3 is 2.70 bits per heavy atom. The summed E-state index contributed by atoms with van der Waals surface area (Å²) in [4.78, 5) is 11.9. The Hall–Kier alpha value is -1.55. The average molecular weight is 278 g/mol. The van der Waals surface area contributed by atoms with Crippen molar-refractivity contribution in [3.05, 3.63) is 23.8 Å². The van der Waals surface area contributed by atoms with Crippen LogP contribution in [0.25, 0.3) is 0 Å². The zero-order valence-corrected chi connectivity index (χ0v) is 12.6. The maximum Gasteiger partial charge on any atom is 0.224 e. The second-order valence-corrected chi connectivity index (χ2v) is 4.93. The van der Waals surface area contributed by atoms with E-state index in [1.165, 1.54) is 0 Å². The summed E-state index contributed by atoms with van der Waals surface area (Å²) in [6.45, 7) is 5.26. The van der Waals surface area contributed by atoms with E-state index in [1.54, 1.807) is 0 Å². The molecule has 0 saturated heterocycles. The van der Waals surface area contributed by atoms with Crippen molar-refractivity contribution in [2.45, 2.75) is 46.0 Å². The molecule has 112 valence electrons. The molecule has 0 unspecified atom stereocenters. The van der Waals surface area contributed by atoms with Crippen molar-refractivity contribution < 1.29 is 9.53 Å². The van der Waals surface area contributed by atoms with Crippen LogP contribution in [0.2, 0.25) is 0 Å². The number of rotatable bonds is 9. The summed E-state index contributed by atoms with van der Waals surface area (Å²) in [6.07, 6.45) is 4.63. The maximum absolute atomic E-state index is 11.9. The lowest BCUT2D eigenvalue weighted by Crippen LogP contribution is -2.12. The molecule has 4 nitrogen and oxygen atoms in total. The molecule has 0 fully saturated rings. The first-order valence-corrected chi connectivity index (χ1v) is 7.40. The minimum atomic E-state index is 0.0440. The Morgan fingerprint density at radius 2 is 2.00 bits per heavy atom. The highest BCUT2D eigenvalue weighted by molar-refractivity contribution is 5.92. The van der Waals surface area contributed by atoms with Gasteiger partial charge in [0.05, 0.1) is 12.3 Å². The van der Waals surface area contributed by atoms with E-state index in [0.717, 1.165) is 49.2 Å². The predicted molar refractivity (Wildman–Crippen MR) is 83.1 cm³/mol. The fourth-order valence-electron chi connectivity index (χ4n) is 2.00. The smallest absolute Gasteiger partial charge is 0.224 e. The first kappa shape index (κ1) is 16.5. The molecule has 3 N–H and O–H groups in total. The standard InChI is InChI=1S/C16H26N2O2/c1-3-20-15-12-13(2)9-10-14(15)18-16(19)8-6-4-5-7-11-17/h9-10,12H,3-8,11,17H2,1-2H3,(H,18,19). The summed E-state index contributed by atoms with van der Waals surface area (Å²) in [6, 6.07) is 5.81. The molecule has 1 rings (SSSR count). The summed E-state index contributed by atoms with van der Waals surface area (Å²) in [5.41, 5.74) is 7.31. The molecule has 0 aliphatic rings. The van der Waals surface area contributed by atoms with E-state index >= 15 is 0 Å². The molecule has 1 aromatic rings. The highest BCUT2D eigenvalue weighted by Crippen LogP contribution is 2.26. The van der Waals surface area contributed by atoms with E-state index in [0.29, 0.717) is 13.0 Å². The molecule has 0 radical (unpaired) electrons. The molecule has 0 heterocycles. The topological polar surface area (TPSA) is 64.3 Å². The number of nitrogens with one attached hydrogen (secondary N) is 1. The zero-order chi connectivity index (χ0) is 14.8. The van der Waals surface area contributed by atoms with Crippen LogP contribution in [-0.2, 0) is 4.79 Å². The minimum absolute atomic E-state index is 0.0440. The molecule has 0 aromatic heterocycles. The summed E-state index contributed by atoms with van der Waals surface area (Å²) < 4.78 is 5.55. The fraction of sp³-hybridized carbons (Fsp3) is 0.562. The first-order valence-electron chi connectivity index (χ1n) is 7.40. The van der Waals surface area contributed by atoms with E-state index in [9.17, 15) is 4.79 Å². The van der Waals surface area contributed by atoms with E-state index in [1.807, 2.05) is 32.0 Å². The summed E-state index contributed by atoms with van der Waals surface area (Å²) in [5, 5.41) is 2.92. The fourth-order valence-corrected chi connectivity index (χ4v) is 2.00. The Balaban J connectivity index is 2.44. The highest BCUT2D eigenvalue weighted by Gasteiger charge is 2.08. The third-order valence-corrected chi connectivity index (χ3v) is 3.07. The molecule has 0 bridgehead atoms. The molecule has 1 amide bonds. The van der Waals surface area contributed by atoms with Crippen molar-refractivity contribution in [3.8, 4) is 5.75 Å². The van der Waals surface area contributed by atoms with E-state index < -0.39 is 0 Å². The van der Waals surface area contributed by atoms with Gasteiger partial charge in [0.25, 0.3) is 0 Å². The van der Waals surface area contributed by atoms with Crippen molar-refractivity contribution in [1.82, 2.24) is 0 Å². The van der Waals surface area contributed by atoms with Crippen LogP contribution >= 0.6 is 0 Å². The van der Waals surface area contributed by atoms with Gasteiger partial charge in [-0.1, -0.05) is 18.9 Å². The number of ether oxygens (including phenoxy) is 1. The summed E-state index contributed by atoms with van der Waals surface area (Å²) in [7, 11) is 0. The van der Waals surface area contributed by atoms with Gasteiger partial charge in [-0.25, -0.2) is 0 Å². The number of amides is 1. The number of aryl methyl sites for hydroxylation is 1. The normalized spacial score (nSPS) is 10.3. The van der Waals surface area contributed by atoms with Crippen molar-refractivity contribution in [2.24, 2.45) is 5.73 Å². The van der Waals surface area contributed by atoms with E-state index in [-0.39, 0.29) is 5.91 Å². The van der Waals surface area contributed by atoms with Gasteiger partial charge in [0, 0.05) is 6.42 Å². The quantitative estimate of drug-likeness (QED) is 0.682. The lowest BCUT2D eigenvalue weighted by atomic mass is 10.1. The predicted octanol–water partition coefficient (Wildman–Crippen LogP) is 3.24. The second-order valence-electron chi connectivity index (χ2n) is 4.93. The number of carbonyl (C=O) groups excluding carboxylic acids is 1. The Kier molecular flexibility index (Phi) is 7.73. The zero-order valence-electron chi connectivity index (χ0n) is 12.6. The number of unbranched alkanes of at least 4 members (excludes halogenated alkanes) is 3. The monoisotopic (exact) mass is 278 g/mol. The number of nitrogens with two attached hydrogens (primary N) is 1. The third kappa shape index (κ3) is 6.06. The van der Waals surface area contributed by atoms with Gasteiger partial charge in [0.1, 0.15) is 5.75 Å². The third-order valence-electron chi connectivity index (χ3n) is 3.07. The number of carbonyl (C=O) groups is 1. The average Bonchev–Trinajstić information content (AvgIpc) is 2.42. The minimum Gasteiger partial charge on any atom is -0.492 e. The van der Waals surface area contributed by atoms with Gasteiger partial charge in [0.15, 0.2) is 0 Å². The Labute approximate surface area is 121 Å². The van der Waals surface area contributed by atoms with Crippen molar-refractivity contribution in [1.29, 1.82) is 0 Å². The van der Waals surface area contributed by atoms with Gasteiger partial charge in [-0.2, -0.15) is 0 Å². The number of anilines is 1. The number of hydrogen-bond acceptors (Lipinski definition) is 3. The second kappa shape index (κ2) is 9.37. The van der Waals surface area contributed by atoms with Gasteiger partial charge < -0.3 is 15.8 Å². The largest absolute Gasteiger partial charge is 0.492 e. The molecule has 0 aliphatic heterocycles. The molecule has 0 atom stereocenters. The van der Waals surface area contributed by atoms with Crippen LogP contribution < -0.4 is 15.8 Å². The van der Waals surface area contributed by atoms with Gasteiger partial charge >= 0.3 is 0 Å². The van der Waals surface area contributed by atoms with Crippen LogP contribution in [0.15, 0.2) is 18.2 Å². The molecule has 4 heteroatoms.